The Morgan fingerprint density at radius 1 is 0.847 bits per heavy atom. The smallest absolute Gasteiger partial charge is 0.328 e. The number of hydrogen-bond acceptors (Lipinski definition) is 8. The second kappa shape index (κ2) is 20.9. The van der Waals surface area contributed by atoms with Gasteiger partial charge < -0.3 is 25.2 Å². The van der Waals surface area contributed by atoms with Gasteiger partial charge in [-0.05, 0) is 69.4 Å². The summed E-state index contributed by atoms with van der Waals surface area (Å²) in [5, 5.41) is 5.98. The minimum atomic E-state index is -1.02. The third kappa shape index (κ3) is 11.9. The van der Waals surface area contributed by atoms with Crippen LogP contribution in [-0.4, -0.2) is 114 Å². The van der Waals surface area contributed by atoms with Crippen LogP contribution in [0.1, 0.15) is 115 Å². The van der Waals surface area contributed by atoms with Gasteiger partial charge in [0.1, 0.15) is 18.1 Å². The van der Waals surface area contributed by atoms with Crippen molar-refractivity contribution in [2.75, 3.05) is 27.2 Å². The molecule has 322 valence electrons. The SMILES string of the molecule is CCC(C)N1CCCCC1C(=O)NC(C(=O)N(C)C(/C=C(\C)C(=O)N1CCC[C@H]1C(=O)NC(Cc1ccc(C(=O)c2ccccc2)cc1)C(=O)OC)C(C)C)C(C)(C)C. The first-order chi connectivity index (χ1) is 27.9. The number of esters is 1. The summed E-state index contributed by atoms with van der Waals surface area (Å²) < 4.78 is 5.04. The molecule has 0 aliphatic carbocycles. The molecule has 6 atom stereocenters. The Bertz CT molecular complexity index is 1820. The van der Waals surface area contributed by atoms with Crippen LogP contribution in [0.4, 0.5) is 0 Å². The molecule has 12 nitrogen and oxygen atoms in total. The van der Waals surface area contributed by atoms with E-state index in [4.69, 9.17) is 4.74 Å². The van der Waals surface area contributed by atoms with E-state index in [1.165, 1.54) is 12.0 Å². The first kappa shape index (κ1) is 46.8. The molecule has 2 fully saturated rings. The fourth-order valence-corrected chi connectivity index (χ4v) is 8.21. The van der Waals surface area contributed by atoms with Crippen LogP contribution in [-0.2, 0) is 35.1 Å². The third-order valence-corrected chi connectivity index (χ3v) is 11.9. The van der Waals surface area contributed by atoms with Crippen molar-refractivity contribution in [2.24, 2.45) is 11.3 Å². The molecule has 5 unspecified atom stereocenters. The fourth-order valence-electron chi connectivity index (χ4n) is 8.21. The standard InChI is InChI=1S/C47H67N5O7/c1-11-32(5)51-26-16-15-20-37(51)43(55)49-41(47(6,7)8)45(57)50(9)39(30(2)3)28-31(4)44(56)52-27-17-21-38(52)42(54)48-36(46(58)59-10)29-33-22-24-35(25-23-33)40(53)34-18-13-12-14-19-34/h12-14,18-19,22-25,28,30,32,36-39,41H,11,15-17,20-21,26-27,29H2,1-10H3,(H,48,54)(H,49,55)/b31-28+/t32?,36?,37?,38-,39?,41?/m0/s1. The van der Waals surface area contributed by atoms with Gasteiger partial charge in [-0.3, -0.25) is 28.9 Å². The number of ketones is 1. The predicted molar refractivity (Wildman–Crippen MR) is 229 cm³/mol. The number of carbonyl (C=O) groups excluding carboxylic acids is 6. The molecule has 12 heteroatoms. The van der Waals surface area contributed by atoms with Crippen molar-refractivity contribution in [1.29, 1.82) is 0 Å². The van der Waals surface area contributed by atoms with Crippen LogP contribution in [0.25, 0.3) is 0 Å². The van der Waals surface area contributed by atoms with Crippen molar-refractivity contribution in [3.8, 4) is 0 Å². The molecule has 2 heterocycles. The number of amides is 4. The van der Waals surface area contributed by atoms with Crippen molar-refractivity contribution in [2.45, 2.75) is 137 Å². The average Bonchev–Trinajstić information content (AvgIpc) is 3.73. The van der Waals surface area contributed by atoms with Gasteiger partial charge in [-0.15, -0.1) is 0 Å². The highest BCUT2D eigenvalue weighted by atomic mass is 16.5. The van der Waals surface area contributed by atoms with E-state index < -0.39 is 41.5 Å². The van der Waals surface area contributed by atoms with E-state index in [0.29, 0.717) is 36.1 Å². The van der Waals surface area contributed by atoms with E-state index in [1.807, 2.05) is 40.7 Å². The van der Waals surface area contributed by atoms with Gasteiger partial charge in [0.05, 0.1) is 19.2 Å². The number of benzene rings is 2. The second-order valence-corrected chi connectivity index (χ2v) is 17.7. The zero-order valence-electron chi connectivity index (χ0n) is 36.9. The lowest BCUT2D eigenvalue weighted by Crippen LogP contribution is -2.60. The van der Waals surface area contributed by atoms with Crippen molar-refractivity contribution in [1.82, 2.24) is 25.3 Å². The van der Waals surface area contributed by atoms with E-state index in [2.05, 4.69) is 29.4 Å². The maximum atomic E-state index is 14.4. The van der Waals surface area contributed by atoms with Crippen molar-refractivity contribution in [3.05, 3.63) is 82.9 Å². The average molecular weight is 814 g/mol. The highest BCUT2D eigenvalue weighted by molar-refractivity contribution is 6.09. The number of ether oxygens (including phenoxy) is 1. The largest absolute Gasteiger partial charge is 0.467 e. The molecule has 2 aliphatic rings. The second-order valence-electron chi connectivity index (χ2n) is 17.7. The lowest BCUT2D eigenvalue weighted by atomic mass is 9.84. The number of piperidine rings is 1. The fraction of sp³-hybridized carbons (Fsp3) is 0.574. The molecule has 4 amide bonds. The zero-order chi connectivity index (χ0) is 43.6. The van der Waals surface area contributed by atoms with Crippen molar-refractivity contribution >= 4 is 35.4 Å². The quantitative estimate of drug-likeness (QED) is 0.124. The molecule has 0 spiro atoms. The van der Waals surface area contributed by atoms with E-state index in [-0.39, 0.29) is 47.9 Å². The number of carbonyl (C=O) groups is 6. The van der Waals surface area contributed by atoms with Crippen LogP contribution in [0, 0.1) is 11.3 Å². The van der Waals surface area contributed by atoms with E-state index in [9.17, 15) is 28.8 Å². The molecule has 2 N–H and O–H groups in total. The molecular weight excluding hydrogens is 747 g/mol. The van der Waals surface area contributed by atoms with Gasteiger partial charge in [0.2, 0.25) is 23.6 Å². The molecule has 2 aromatic rings. The summed E-state index contributed by atoms with van der Waals surface area (Å²) in [6.45, 7) is 17.0. The molecule has 2 aromatic carbocycles. The Kier molecular flexibility index (Phi) is 16.6. The predicted octanol–water partition coefficient (Wildman–Crippen LogP) is 5.72. The maximum Gasteiger partial charge on any atom is 0.328 e. The van der Waals surface area contributed by atoms with Gasteiger partial charge in [0, 0.05) is 42.8 Å². The van der Waals surface area contributed by atoms with Crippen LogP contribution in [0.2, 0.25) is 0 Å². The number of methoxy groups -OCH3 is 1. The molecule has 0 bridgehead atoms. The summed E-state index contributed by atoms with van der Waals surface area (Å²) in [6.07, 6.45) is 6.63. The number of hydrogen-bond donors (Lipinski definition) is 2. The molecule has 2 aliphatic heterocycles. The van der Waals surface area contributed by atoms with Gasteiger partial charge in [0.25, 0.3) is 0 Å². The molecule has 4 rings (SSSR count). The molecular formula is C47H67N5O7. The Balaban J connectivity index is 1.46. The van der Waals surface area contributed by atoms with E-state index >= 15 is 0 Å². The minimum absolute atomic E-state index is 0.0775. The van der Waals surface area contributed by atoms with Crippen LogP contribution < -0.4 is 10.6 Å². The summed E-state index contributed by atoms with van der Waals surface area (Å²) in [6, 6.07) is 12.7. The van der Waals surface area contributed by atoms with E-state index in [1.54, 1.807) is 73.5 Å². The van der Waals surface area contributed by atoms with Gasteiger partial charge in [0.15, 0.2) is 5.78 Å². The Morgan fingerprint density at radius 3 is 2.05 bits per heavy atom. The van der Waals surface area contributed by atoms with Crippen LogP contribution in [0.5, 0.6) is 0 Å². The summed E-state index contributed by atoms with van der Waals surface area (Å²) in [5.41, 5.74) is 1.59. The number of nitrogens with zero attached hydrogens (tertiary/aromatic N) is 3. The lowest BCUT2D eigenvalue weighted by molar-refractivity contribution is -0.146. The Morgan fingerprint density at radius 2 is 1.46 bits per heavy atom. The monoisotopic (exact) mass is 814 g/mol. The summed E-state index contributed by atoms with van der Waals surface area (Å²) in [7, 11) is 2.97. The minimum Gasteiger partial charge on any atom is -0.467 e. The summed E-state index contributed by atoms with van der Waals surface area (Å²) in [4.78, 5) is 87.4. The van der Waals surface area contributed by atoms with Gasteiger partial charge in [-0.25, -0.2) is 4.79 Å². The highest BCUT2D eigenvalue weighted by Gasteiger charge is 2.41. The number of likely N-dealkylation sites (tertiary alicyclic amines) is 2. The Hall–Kier alpha value is -4.84. The first-order valence-corrected chi connectivity index (χ1v) is 21.3. The normalized spacial score (nSPS) is 19.6. The first-order valence-electron chi connectivity index (χ1n) is 21.3. The Labute approximate surface area is 351 Å². The van der Waals surface area contributed by atoms with Gasteiger partial charge in [-0.1, -0.05) is 109 Å². The molecule has 0 radical (unpaired) electrons. The van der Waals surface area contributed by atoms with Crippen molar-refractivity contribution < 1.29 is 33.5 Å². The molecule has 0 aromatic heterocycles. The lowest BCUT2D eigenvalue weighted by Gasteiger charge is -2.41. The number of likely N-dealkylation sites (N-methyl/N-ethyl adjacent to an activating group) is 1. The van der Waals surface area contributed by atoms with Crippen LogP contribution in [0.15, 0.2) is 66.2 Å². The summed E-state index contributed by atoms with van der Waals surface area (Å²) in [5.74, 6) is -1.98. The molecule has 59 heavy (non-hydrogen) atoms. The van der Waals surface area contributed by atoms with Crippen LogP contribution in [0.3, 0.4) is 0 Å². The number of nitrogens with one attached hydrogen (secondary N) is 2. The summed E-state index contributed by atoms with van der Waals surface area (Å²) >= 11 is 0. The zero-order valence-corrected chi connectivity index (χ0v) is 36.9. The third-order valence-electron chi connectivity index (χ3n) is 11.9. The number of rotatable bonds is 16. The molecule has 2 saturated heterocycles. The highest BCUT2D eigenvalue weighted by Crippen LogP contribution is 2.27. The van der Waals surface area contributed by atoms with Crippen molar-refractivity contribution in [3.63, 3.8) is 0 Å². The van der Waals surface area contributed by atoms with Gasteiger partial charge >= 0.3 is 5.97 Å². The van der Waals surface area contributed by atoms with Gasteiger partial charge in [-0.2, -0.15) is 0 Å². The maximum absolute atomic E-state index is 14.4. The topological polar surface area (TPSA) is 145 Å². The van der Waals surface area contributed by atoms with Crippen LogP contribution >= 0.6 is 0 Å². The van der Waals surface area contributed by atoms with E-state index in [0.717, 1.165) is 37.8 Å². The molecule has 0 saturated carbocycles.